The van der Waals surface area contributed by atoms with Gasteiger partial charge in [-0.25, -0.2) is 0 Å². The van der Waals surface area contributed by atoms with Gasteiger partial charge in [-0.1, -0.05) is 12.8 Å². The Morgan fingerprint density at radius 1 is 0.338 bits per heavy atom. The predicted octanol–water partition coefficient (Wildman–Crippen LogP) is 8.69. The maximum Gasteiger partial charge on any atom is 0.460 e. The number of nitrogens with zero attached hydrogens (tertiary/aromatic N) is 2. The molecule has 0 saturated carbocycles. The molecular formula is C30H38F26N2O8S2. The fourth-order valence-corrected chi connectivity index (χ4v) is 6.72. The van der Waals surface area contributed by atoms with Crippen LogP contribution in [-0.4, -0.2) is 181 Å². The van der Waals surface area contributed by atoms with E-state index in [-0.39, 0.29) is 25.7 Å². The van der Waals surface area contributed by atoms with Gasteiger partial charge in [-0.05, 0) is 51.9 Å². The highest BCUT2D eigenvalue weighted by atomic mass is 32.2. The molecule has 38 heteroatoms. The molecule has 0 aromatic carbocycles. The molecule has 68 heavy (non-hydrogen) atoms. The van der Waals surface area contributed by atoms with E-state index in [0.29, 0.717) is 9.80 Å². The third kappa shape index (κ3) is 15.2. The molecule has 0 amide bonds. The van der Waals surface area contributed by atoms with Gasteiger partial charge in [-0.15, -0.1) is 0 Å². The zero-order valence-corrected chi connectivity index (χ0v) is 35.1. The zero-order chi connectivity index (χ0) is 54.6. The number of hydrogen-bond donors (Lipinski definition) is 4. The molecule has 0 aromatic rings. The minimum Gasteiger partial charge on any atom is -0.392 e. The van der Waals surface area contributed by atoms with Gasteiger partial charge in [-0.2, -0.15) is 131 Å². The molecule has 0 aliphatic rings. The molecule has 0 spiro atoms. The lowest BCUT2D eigenvalue weighted by atomic mass is 9.91. The quantitative estimate of drug-likeness (QED) is 0.0301. The van der Waals surface area contributed by atoms with Crippen molar-refractivity contribution in [3.63, 3.8) is 0 Å². The second-order valence-electron chi connectivity index (χ2n) is 15.0. The first-order valence-electron chi connectivity index (χ1n) is 18.3. The largest absolute Gasteiger partial charge is 0.460 e. The number of rotatable bonds is 31. The van der Waals surface area contributed by atoms with E-state index in [0.717, 1.165) is 0 Å². The first kappa shape index (κ1) is 65.8. The molecule has 0 saturated heterocycles. The van der Waals surface area contributed by atoms with Crippen LogP contribution in [0.4, 0.5) is 114 Å². The van der Waals surface area contributed by atoms with Gasteiger partial charge in [0.2, 0.25) is 0 Å². The molecule has 410 valence electrons. The topological polar surface area (TPSA) is 156 Å². The summed E-state index contributed by atoms with van der Waals surface area (Å²) in [5.74, 6) is -80.3. The highest BCUT2D eigenvalue weighted by molar-refractivity contribution is 7.86. The first-order valence-corrected chi connectivity index (χ1v) is 21.5. The average Bonchev–Trinajstić information content (AvgIpc) is 3.09. The molecule has 0 rings (SSSR count). The Hall–Kier alpha value is -2.16. The molecule has 0 fully saturated rings. The van der Waals surface area contributed by atoms with Gasteiger partial charge in [0.15, 0.2) is 0 Å². The van der Waals surface area contributed by atoms with Crippen molar-refractivity contribution in [1.82, 2.24) is 9.80 Å². The standard InChI is InChI=1S/C30H38F26N2O8S2/c31-19(32,21(35,36)23(39,40)25(43,44)27(47,48)29(51,52)53)13-17(59)15-57(9-5-11-67(61,62)63)7-3-1-2-4-8-58(10-6-12-68(64,65)66)16-18(60)14-20(33,34)22(37,38)24(41,42)26(45,46)28(49,50)30(54,55)56/h17-18,59-60H,1-16H2,(H,61,62,63)(H,64,65,66). The average molecular weight is 1110 g/mol. The van der Waals surface area contributed by atoms with E-state index in [1.165, 1.54) is 0 Å². The molecule has 4 N–H and O–H groups in total. The van der Waals surface area contributed by atoms with Crippen LogP contribution < -0.4 is 0 Å². The summed E-state index contributed by atoms with van der Waals surface area (Å²) in [6.45, 7) is -5.74. The molecule has 0 heterocycles. The highest BCUT2D eigenvalue weighted by Gasteiger charge is 2.92. The number of aliphatic hydroxyl groups excluding tert-OH is 2. The van der Waals surface area contributed by atoms with Crippen LogP contribution in [0.2, 0.25) is 0 Å². The van der Waals surface area contributed by atoms with Gasteiger partial charge >= 0.3 is 71.6 Å². The van der Waals surface area contributed by atoms with Crippen molar-refractivity contribution in [3.05, 3.63) is 0 Å². The van der Waals surface area contributed by atoms with Crippen LogP contribution in [0.3, 0.4) is 0 Å². The fourth-order valence-electron chi connectivity index (χ4n) is 5.73. The summed E-state index contributed by atoms with van der Waals surface area (Å²) in [5, 5.41) is 20.0. The number of alkyl halides is 26. The van der Waals surface area contributed by atoms with E-state index < -0.39 is 180 Å². The van der Waals surface area contributed by atoms with Gasteiger partial charge in [0.1, 0.15) is 0 Å². The van der Waals surface area contributed by atoms with Crippen molar-refractivity contribution in [1.29, 1.82) is 0 Å². The van der Waals surface area contributed by atoms with Crippen molar-refractivity contribution in [2.45, 2.75) is 135 Å². The van der Waals surface area contributed by atoms with Gasteiger partial charge in [0.25, 0.3) is 20.2 Å². The molecule has 0 bridgehead atoms. The second-order valence-corrected chi connectivity index (χ2v) is 18.2. The van der Waals surface area contributed by atoms with E-state index in [1.54, 1.807) is 0 Å². The molecular weight excluding hydrogens is 1070 g/mol. The smallest absolute Gasteiger partial charge is 0.392 e. The lowest BCUT2D eigenvalue weighted by Gasteiger charge is -2.40. The Morgan fingerprint density at radius 3 is 0.779 bits per heavy atom. The van der Waals surface area contributed by atoms with Crippen LogP contribution >= 0.6 is 0 Å². The van der Waals surface area contributed by atoms with Gasteiger partial charge < -0.3 is 20.0 Å². The molecule has 10 nitrogen and oxygen atoms in total. The van der Waals surface area contributed by atoms with Crippen molar-refractivity contribution in [3.8, 4) is 0 Å². The maximum atomic E-state index is 14.4. The van der Waals surface area contributed by atoms with Gasteiger partial charge in [0, 0.05) is 25.9 Å². The van der Waals surface area contributed by atoms with Crippen LogP contribution in [0.15, 0.2) is 0 Å². The molecule has 0 aromatic heterocycles. The van der Waals surface area contributed by atoms with E-state index in [4.69, 9.17) is 9.11 Å². The zero-order valence-electron chi connectivity index (χ0n) is 33.4. The third-order valence-corrected chi connectivity index (χ3v) is 11.0. The van der Waals surface area contributed by atoms with Crippen LogP contribution in [0.5, 0.6) is 0 Å². The van der Waals surface area contributed by atoms with Crippen molar-refractivity contribution < 1.29 is 150 Å². The summed E-state index contributed by atoms with van der Waals surface area (Å²) >= 11 is 0. The fraction of sp³-hybridized carbons (Fsp3) is 1.00. The summed E-state index contributed by atoms with van der Waals surface area (Å²) in [5.41, 5.74) is 0. The Labute approximate surface area is 366 Å². The summed E-state index contributed by atoms with van der Waals surface area (Å²) in [7, 11) is -9.67. The first-order chi connectivity index (χ1) is 29.7. The van der Waals surface area contributed by atoms with E-state index in [2.05, 4.69) is 0 Å². The van der Waals surface area contributed by atoms with Crippen LogP contribution in [-0.2, 0) is 20.2 Å². The SMILES string of the molecule is O=S(=O)(O)CCCN(CCCCCCN(CCCS(=O)(=O)O)CC(O)CC(F)(F)C(F)(F)C(F)(F)C(F)(F)C(F)(F)C(F)(F)F)CC(O)CC(F)(F)C(F)(F)C(F)(F)C(F)(F)C(F)(F)C(F)(F)F. The van der Waals surface area contributed by atoms with Gasteiger partial charge in [-0.3, -0.25) is 9.11 Å². The Balaban J connectivity index is 6.09. The van der Waals surface area contributed by atoms with Crippen molar-refractivity contribution in [2.24, 2.45) is 0 Å². The normalized spacial score (nSPS) is 16.5. The van der Waals surface area contributed by atoms with Crippen molar-refractivity contribution in [2.75, 3.05) is 50.8 Å². The van der Waals surface area contributed by atoms with Crippen LogP contribution in [0.1, 0.15) is 51.4 Å². The van der Waals surface area contributed by atoms with Crippen LogP contribution in [0.25, 0.3) is 0 Å². The van der Waals surface area contributed by atoms with E-state index in [9.17, 15) is 141 Å². The molecule has 0 aliphatic heterocycles. The third-order valence-electron chi connectivity index (χ3n) is 9.37. The Morgan fingerprint density at radius 2 is 0.559 bits per heavy atom. The van der Waals surface area contributed by atoms with Crippen molar-refractivity contribution >= 4 is 20.2 Å². The number of unbranched alkanes of at least 4 members (excludes halogenated alkanes) is 3. The molecule has 2 unspecified atom stereocenters. The Kier molecular flexibility index (Phi) is 21.2. The summed E-state index contributed by atoms with van der Waals surface area (Å²) in [6, 6.07) is 0. The van der Waals surface area contributed by atoms with Gasteiger partial charge in [0.05, 0.1) is 23.7 Å². The Bertz CT molecular complexity index is 1700. The number of hydrogen-bond acceptors (Lipinski definition) is 8. The molecule has 0 aliphatic carbocycles. The van der Waals surface area contributed by atoms with Crippen LogP contribution in [0, 0.1) is 0 Å². The summed E-state index contributed by atoms with van der Waals surface area (Å²) in [6.07, 6.45) is -30.4. The monoisotopic (exact) mass is 1110 g/mol. The second kappa shape index (κ2) is 21.9. The minimum atomic E-state index is -8.25. The van der Waals surface area contributed by atoms with E-state index >= 15 is 0 Å². The highest BCUT2D eigenvalue weighted by Crippen LogP contribution is 2.62. The summed E-state index contributed by atoms with van der Waals surface area (Å²) in [4.78, 5) is 1.26. The minimum absolute atomic E-state index is 0.231. The molecule has 0 radical (unpaired) electrons. The van der Waals surface area contributed by atoms with E-state index in [1.807, 2.05) is 0 Å². The molecule has 2 atom stereocenters. The maximum absolute atomic E-state index is 14.4. The predicted molar refractivity (Wildman–Crippen MR) is 176 cm³/mol. The lowest BCUT2D eigenvalue weighted by Crippen LogP contribution is -2.70. The lowest BCUT2D eigenvalue weighted by molar-refractivity contribution is -0.440. The summed E-state index contributed by atoms with van der Waals surface area (Å²) < 4.78 is 412. The number of halogens is 26. The number of aliphatic hydroxyl groups is 2.